The van der Waals surface area contributed by atoms with Crippen LogP contribution in [-0.4, -0.2) is 62.8 Å². The van der Waals surface area contributed by atoms with E-state index in [4.69, 9.17) is 10.2 Å². The zero-order valence-corrected chi connectivity index (χ0v) is 10.8. The molecule has 20 heavy (non-hydrogen) atoms. The second kappa shape index (κ2) is 6.44. The molecule has 1 saturated heterocycles. The highest BCUT2D eigenvalue weighted by molar-refractivity contribution is 5.94. The van der Waals surface area contributed by atoms with E-state index in [-0.39, 0.29) is 11.7 Å². The summed E-state index contributed by atoms with van der Waals surface area (Å²) >= 11 is 0. The monoisotopic (exact) mass is 283 g/mol. The van der Waals surface area contributed by atoms with E-state index in [2.05, 4.69) is 20.9 Å². The predicted molar refractivity (Wildman–Crippen MR) is 67.1 cm³/mol. The van der Waals surface area contributed by atoms with E-state index in [1.165, 1.54) is 6.20 Å². The molecule has 1 aromatic heterocycles. The van der Waals surface area contributed by atoms with Crippen LogP contribution in [0.15, 0.2) is 6.20 Å². The number of carbonyl (C=O) groups excluding carboxylic acids is 1. The average Bonchev–Trinajstić information content (AvgIpc) is 2.95. The third-order valence-corrected chi connectivity index (χ3v) is 3.21. The topological polar surface area (TPSA) is 129 Å². The Morgan fingerprint density at radius 2 is 2.20 bits per heavy atom. The van der Waals surface area contributed by atoms with Gasteiger partial charge in [0.05, 0.1) is 18.8 Å². The van der Waals surface area contributed by atoms with E-state index in [9.17, 15) is 9.59 Å². The maximum atomic E-state index is 11.8. The molecular weight excluding hydrogens is 266 g/mol. The maximum Gasteiger partial charge on any atom is 0.328 e. The minimum Gasteiger partial charge on any atom is -0.480 e. The number of nitrogens with zero attached hydrogens (tertiary/aromatic N) is 3. The van der Waals surface area contributed by atoms with Crippen molar-refractivity contribution in [3.63, 3.8) is 0 Å². The third kappa shape index (κ3) is 3.31. The van der Waals surface area contributed by atoms with Crippen LogP contribution in [-0.2, 0) is 4.79 Å². The number of aliphatic hydroxyl groups is 1. The summed E-state index contributed by atoms with van der Waals surface area (Å²) in [5.74, 6) is -1.96. The second-order valence-electron chi connectivity index (χ2n) is 4.61. The molecule has 4 N–H and O–H groups in total. The van der Waals surface area contributed by atoms with Crippen LogP contribution in [0.5, 0.6) is 0 Å². The van der Waals surface area contributed by atoms with Gasteiger partial charge in [0.25, 0.3) is 5.91 Å². The fraction of sp³-hybridized carbons (Fsp3) is 0.636. The molecule has 9 nitrogen and oxygen atoms in total. The van der Waals surface area contributed by atoms with Crippen LogP contribution in [0.1, 0.15) is 29.4 Å². The molecule has 9 heteroatoms. The minimum absolute atomic E-state index is 0.0447. The van der Waals surface area contributed by atoms with E-state index in [1.54, 1.807) is 4.68 Å². The molecule has 2 rings (SSSR count). The van der Waals surface area contributed by atoms with E-state index in [1.807, 2.05) is 0 Å². The first kappa shape index (κ1) is 14.4. The molecule has 0 aromatic carbocycles. The van der Waals surface area contributed by atoms with Crippen molar-refractivity contribution in [3.05, 3.63) is 11.9 Å². The molecule has 1 aromatic rings. The van der Waals surface area contributed by atoms with Crippen molar-refractivity contribution >= 4 is 11.9 Å². The van der Waals surface area contributed by atoms with Crippen molar-refractivity contribution in [2.24, 2.45) is 0 Å². The number of amides is 1. The first-order chi connectivity index (χ1) is 9.61. The van der Waals surface area contributed by atoms with Crippen molar-refractivity contribution in [3.8, 4) is 0 Å². The number of piperidine rings is 1. The minimum atomic E-state index is -1.34. The van der Waals surface area contributed by atoms with Crippen LogP contribution < -0.4 is 10.6 Å². The molecule has 1 aliphatic rings. The van der Waals surface area contributed by atoms with Crippen LogP contribution in [0.25, 0.3) is 0 Å². The van der Waals surface area contributed by atoms with E-state index >= 15 is 0 Å². The number of aliphatic hydroxyl groups excluding tert-OH is 1. The highest BCUT2D eigenvalue weighted by atomic mass is 16.4. The van der Waals surface area contributed by atoms with Crippen LogP contribution in [0, 0.1) is 0 Å². The number of aromatic nitrogens is 3. The first-order valence-corrected chi connectivity index (χ1v) is 6.39. The summed E-state index contributed by atoms with van der Waals surface area (Å²) in [6.07, 6.45) is 3.30. The van der Waals surface area contributed by atoms with Gasteiger partial charge in [-0.2, -0.15) is 0 Å². The Morgan fingerprint density at radius 1 is 1.50 bits per heavy atom. The molecule has 110 valence electrons. The number of nitrogens with one attached hydrogen (secondary N) is 2. The SMILES string of the molecule is O=C(N[C@@H](CO)C(=O)O)c1cn(C2CCNCC2)nn1. The van der Waals surface area contributed by atoms with Gasteiger partial charge >= 0.3 is 5.97 Å². The lowest BCUT2D eigenvalue weighted by molar-refractivity contribution is -0.140. The lowest BCUT2D eigenvalue weighted by Crippen LogP contribution is -2.43. The molecule has 0 aliphatic carbocycles. The molecule has 1 amide bonds. The summed E-state index contributed by atoms with van der Waals surface area (Å²) in [6.45, 7) is 1.10. The van der Waals surface area contributed by atoms with Gasteiger partial charge in [0, 0.05) is 0 Å². The summed E-state index contributed by atoms with van der Waals surface area (Å²) in [7, 11) is 0. The Kier molecular flexibility index (Phi) is 4.64. The highest BCUT2D eigenvalue weighted by Gasteiger charge is 2.23. The number of carbonyl (C=O) groups is 2. The van der Waals surface area contributed by atoms with Gasteiger partial charge in [-0.3, -0.25) is 4.79 Å². The third-order valence-electron chi connectivity index (χ3n) is 3.21. The molecule has 1 fully saturated rings. The van der Waals surface area contributed by atoms with Gasteiger partial charge in [-0.25, -0.2) is 9.48 Å². The van der Waals surface area contributed by atoms with Crippen molar-refractivity contribution in [1.82, 2.24) is 25.6 Å². The normalized spacial score (nSPS) is 17.6. The Labute approximate surface area is 115 Å². The second-order valence-corrected chi connectivity index (χ2v) is 4.61. The van der Waals surface area contributed by atoms with Gasteiger partial charge in [-0.05, 0) is 25.9 Å². The smallest absolute Gasteiger partial charge is 0.328 e. The van der Waals surface area contributed by atoms with Gasteiger partial charge in [-0.15, -0.1) is 5.10 Å². The lowest BCUT2D eigenvalue weighted by atomic mass is 10.1. The molecule has 0 spiro atoms. The Balaban J connectivity index is 2.00. The van der Waals surface area contributed by atoms with Crippen LogP contribution >= 0.6 is 0 Å². The van der Waals surface area contributed by atoms with E-state index < -0.39 is 24.5 Å². The van der Waals surface area contributed by atoms with Crippen molar-refractivity contribution in [1.29, 1.82) is 0 Å². The maximum absolute atomic E-state index is 11.8. The van der Waals surface area contributed by atoms with Crippen molar-refractivity contribution in [2.75, 3.05) is 19.7 Å². The summed E-state index contributed by atoms with van der Waals surface area (Å²) in [5.41, 5.74) is 0.0447. The number of hydrogen-bond donors (Lipinski definition) is 4. The molecule has 0 unspecified atom stereocenters. The summed E-state index contributed by atoms with van der Waals surface area (Å²) in [5, 5.41) is 30.7. The van der Waals surface area contributed by atoms with Crippen molar-refractivity contribution in [2.45, 2.75) is 24.9 Å². The lowest BCUT2D eigenvalue weighted by Gasteiger charge is -2.22. The van der Waals surface area contributed by atoms with Crippen LogP contribution in [0.2, 0.25) is 0 Å². The van der Waals surface area contributed by atoms with E-state index in [0.29, 0.717) is 0 Å². The number of carboxylic acid groups (broad SMARTS) is 1. The number of hydrogen-bond acceptors (Lipinski definition) is 6. The van der Waals surface area contributed by atoms with Gasteiger partial charge in [-0.1, -0.05) is 5.21 Å². The Morgan fingerprint density at radius 3 is 2.80 bits per heavy atom. The Bertz CT molecular complexity index is 483. The van der Waals surface area contributed by atoms with Crippen LogP contribution in [0.4, 0.5) is 0 Å². The van der Waals surface area contributed by atoms with E-state index in [0.717, 1.165) is 25.9 Å². The summed E-state index contributed by atoms with van der Waals surface area (Å²) in [6, 6.07) is -1.15. The molecule has 0 radical (unpaired) electrons. The standard InChI is InChI=1S/C11H17N5O4/c17-6-9(11(19)20)13-10(18)8-5-16(15-14-8)7-1-3-12-4-2-7/h5,7,9,12,17H,1-4,6H2,(H,13,18)(H,19,20)/t9-/m0/s1. The highest BCUT2D eigenvalue weighted by Crippen LogP contribution is 2.16. The molecule has 0 saturated carbocycles. The fourth-order valence-corrected chi connectivity index (χ4v) is 2.05. The molecular formula is C11H17N5O4. The fourth-order valence-electron chi connectivity index (χ4n) is 2.05. The zero-order chi connectivity index (χ0) is 14.5. The summed E-state index contributed by atoms with van der Waals surface area (Å²) in [4.78, 5) is 22.5. The zero-order valence-electron chi connectivity index (χ0n) is 10.8. The largest absolute Gasteiger partial charge is 0.480 e. The first-order valence-electron chi connectivity index (χ1n) is 6.39. The van der Waals surface area contributed by atoms with Gasteiger partial charge in [0.1, 0.15) is 0 Å². The van der Waals surface area contributed by atoms with Crippen LogP contribution in [0.3, 0.4) is 0 Å². The predicted octanol–water partition coefficient (Wildman–Crippen LogP) is -1.62. The molecule has 0 bridgehead atoms. The molecule has 2 heterocycles. The summed E-state index contributed by atoms with van der Waals surface area (Å²) < 4.78 is 1.63. The Hall–Kier alpha value is -2.00. The number of carboxylic acids is 1. The number of aliphatic carboxylic acids is 1. The van der Waals surface area contributed by atoms with Gasteiger partial charge in [0.2, 0.25) is 0 Å². The average molecular weight is 283 g/mol. The van der Waals surface area contributed by atoms with Gasteiger partial charge in [0.15, 0.2) is 11.7 Å². The molecule has 1 atom stereocenters. The quantitative estimate of drug-likeness (QED) is 0.511. The van der Waals surface area contributed by atoms with Crippen molar-refractivity contribution < 1.29 is 19.8 Å². The van der Waals surface area contributed by atoms with Gasteiger partial charge < -0.3 is 20.8 Å². The molecule has 1 aliphatic heterocycles. The number of rotatable bonds is 5.